The van der Waals surface area contributed by atoms with E-state index in [1.54, 1.807) is 0 Å². The molecule has 0 aliphatic carbocycles. The molecule has 0 saturated carbocycles. The molecule has 184 valence electrons. The zero-order valence-electron chi connectivity index (χ0n) is 21.4. The third kappa shape index (κ3) is 4.32. The Bertz CT molecular complexity index is 1890. The van der Waals surface area contributed by atoms with Crippen molar-refractivity contribution in [1.29, 1.82) is 0 Å². The van der Waals surface area contributed by atoms with E-state index in [1.807, 2.05) is 73.7 Å². The number of nitrogens with zero attached hydrogens (tertiary/aromatic N) is 4. The van der Waals surface area contributed by atoms with Crippen molar-refractivity contribution in [2.45, 2.75) is 6.92 Å². The molecule has 0 atom stereocenters. The van der Waals surface area contributed by atoms with E-state index in [9.17, 15) is 0 Å². The standard InChI is InChI=1S/C35H24N4/c1-23-21-29(24-11-5-2-6-12-24)28-19-17-26-18-20-30(37-33(26)34(28)36-23)32-22-31(25-13-7-3-8-14-25)38-35(39-32)27-15-9-4-10-16-27/h2-22H,1H3. The second kappa shape index (κ2) is 9.58. The summed E-state index contributed by atoms with van der Waals surface area (Å²) in [6, 6.07) is 43.3. The lowest BCUT2D eigenvalue weighted by atomic mass is 9.98. The molecule has 3 heterocycles. The highest BCUT2D eigenvalue weighted by molar-refractivity contribution is 6.08. The summed E-state index contributed by atoms with van der Waals surface area (Å²) in [5.74, 6) is 0.673. The molecule has 0 amide bonds. The van der Waals surface area contributed by atoms with Gasteiger partial charge in [-0.25, -0.2) is 15.0 Å². The number of aromatic nitrogens is 4. The fourth-order valence-corrected chi connectivity index (χ4v) is 5.05. The second-order valence-electron chi connectivity index (χ2n) is 9.60. The summed E-state index contributed by atoms with van der Waals surface area (Å²) in [6.45, 7) is 2.04. The molecule has 0 spiro atoms. The van der Waals surface area contributed by atoms with Gasteiger partial charge < -0.3 is 0 Å². The Kier molecular flexibility index (Phi) is 5.64. The van der Waals surface area contributed by atoms with Gasteiger partial charge in [-0.1, -0.05) is 109 Å². The minimum Gasteiger partial charge on any atom is -0.251 e. The van der Waals surface area contributed by atoms with E-state index in [2.05, 4.69) is 60.7 Å². The number of hydrogen-bond acceptors (Lipinski definition) is 4. The Morgan fingerprint density at radius 2 is 1.05 bits per heavy atom. The molecule has 39 heavy (non-hydrogen) atoms. The fourth-order valence-electron chi connectivity index (χ4n) is 5.05. The minimum absolute atomic E-state index is 0.673. The summed E-state index contributed by atoms with van der Waals surface area (Å²) < 4.78 is 0. The van der Waals surface area contributed by atoms with Gasteiger partial charge in [-0.3, -0.25) is 4.98 Å². The smallest absolute Gasteiger partial charge is 0.160 e. The highest BCUT2D eigenvalue weighted by atomic mass is 14.9. The molecule has 0 N–H and O–H groups in total. The van der Waals surface area contributed by atoms with Crippen LogP contribution in [0.15, 0.2) is 127 Å². The molecular formula is C35H24N4. The van der Waals surface area contributed by atoms with Crippen LogP contribution in [0.3, 0.4) is 0 Å². The van der Waals surface area contributed by atoms with Gasteiger partial charge in [0.1, 0.15) is 0 Å². The van der Waals surface area contributed by atoms with Gasteiger partial charge >= 0.3 is 0 Å². The quantitative estimate of drug-likeness (QED) is 0.227. The van der Waals surface area contributed by atoms with Gasteiger partial charge in [0.25, 0.3) is 0 Å². The minimum atomic E-state index is 0.673. The Labute approximate surface area is 226 Å². The van der Waals surface area contributed by atoms with Crippen LogP contribution in [-0.2, 0) is 0 Å². The average molecular weight is 501 g/mol. The van der Waals surface area contributed by atoms with Crippen LogP contribution in [0.2, 0.25) is 0 Å². The van der Waals surface area contributed by atoms with Crippen LogP contribution in [0.1, 0.15) is 5.69 Å². The van der Waals surface area contributed by atoms with Crippen molar-refractivity contribution in [3.8, 4) is 45.2 Å². The van der Waals surface area contributed by atoms with Crippen molar-refractivity contribution in [1.82, 2.24) is 19.9 Å². The lowest BCUT2D eigenvalue weighted by Gasteiger charge is -2.12. The summed E-state index contributed by atoms with van der Waals surface area (Å²) in [7, 11) is 0. The number of fused-ring (bicyclic) bond motifs is 3. The maximum absolute atomic E-state index is 5.17. The highest BCUT2D eigenvalue weighted by Gasteiger charge is 2.14. The van der Waals surface area contributed by atoms with Crippen LogP contribution in [0.25, 0.3) is 67.0 Å². The summed E-state index contributed by atoms with van der Waals surface area (Å²) in [5.41, 5.74) is 9.48. The molecule has 0 fully saturated rings. The first kappa shape index (κ1) is 22.9. The van der Waals surface area contributed by atoms with Crippen molar-refractivity contribution in [3.63, 3.8) is 0 Å². The zero-order valence-corrected chi connectivity index (χ0v) is 21.4. The molecule has 0 unspecified atom stereocenters. The van der Waals surface area contributed by atoms with Crippen LogP contribution >= 0.6 is 0 Å². The van der Waals surface area contributed by atoms with E-state index in [0.717, 1.165) is 61.3 Å². The van der Waals surface area contributed by atoms with Gasteiger partial charge in [0.2, 0.25) is 0 Å². The van der Waals surface area contributed by atoms with Crippen LogP contribution in [-0.4, -0.2) is 19.9 Å². The van der Waals surface area contributed by atoms with Crippen molar-refractivity contribution in [2.24, 2.45) is 0 Å². The second-order valence-corrected chi connectivity index (χ2v) is 9.60. The van der Waals surface area contributed by atoms with E-state index in [4.69, 9.17) is 19.9 Å². The van der Waals surface area contributed by atoms with E-state index in [0.29, 0.717) is 5.82 Å². The summed E-state index contributed by atoms with van der Waals surface area (Å²) >= 11 is 0. The summed E-state index contributed by atoms with van der Waals surface area (Å²) in [6.07, 6.45) is 0. The lowest BCUT2D eigenvalue weighted by Crippen LogP contribution is -1.98. The predicted octanol–water partition coefficient (Wildman–Crippen LogP) is 8.55. The molecule has 0 saturated heterocycles. The number of rotatable bonds is 4. The first-order valence-corrected chi connectivity index (χ1v) is 13.0. The average Bonchev–Trinajstić information content (AvgIpc) is 3.01. The molecule has 0 aliphatic rings. The van der Waals surface area contributed by atoms with Gasteiger partial charge in [-0.15, -0.1) is 0 Å². The van der Waals surface area contributed by atoms with Crippen LogP contribution in [0, 0.1) is 6.92 Å². The molecule has 4 aromatic carbocycles. The summed E-state index contributed by atoms with van der Waals surface area (Å²) in [5, 5.41) is 2.13. The molecule has 0 bridgehead atoms. The maximum atomic E-state index is 5.17. The van der Waals surface area contributed by atoms with Crippen LogP contribution in [0.4, 0.5) is 0 Å². The third-order valence-corrected chi connectivity index (χ3v) is 6.94. The molecule has 4 nitrogen and oxygen atoms in total. The largest absolute Gasteiger partial charge is 0.251 e. The van der Waals surface area contributed by atoms with E-state index in [1.165, 1.54) is 5.56 Å². The fraction of sp³-hybridized carbons (Fsp3) is 0.0286. The van der Waals surface area contributed by atoms with E-state index >= 15 is 0 Å². The van der Waals surface area contributed by atoms with Crippen molar-refractivity contribution < 1.29 is 0 Å². The molecule has 4 heteroatoms. The SMILES string of the molecule is Cc1cc(-c2ccccc2)c2ccc3ccc(-c4cc(-c5ccccc5)nc(-c5ccccc5)n4)nc3c2n1. The van der Waals surface area contributed by atoms with Gasteiger partial charge in [0.05, 0.1) is 28.1 Å². The van der Waals surface area contributed by atoms with E-state index in [-0.39, 0.29) is 0 Å². The summed E-state index contributed by atoms with van der Waals surface area (Å²) in [4.78, 5) is 20.0. The highest BCUT2D eigenvalue weighted by Crippen LogP contribution is 2.34. The number of pyridine rings is 2. The van der Waals surface area contributed by atoms with Gasteiger partial charge in [0.15, 0.2) is 5.82 Å². The Morgan fingerprint density at radius 3 is 1.77 bits per heavy atom. The Hall–Kier alpha value is -5.22. The molecular weight excluding hydrogens is 476 g/mol. The van der Waals surface area contributed by atoms with E-state index < -0.39 is 0 Å². The third-order valence-electron chi connectivity index (χ3n) is 6.94. The van der Waals surface area contributed by atoms with Crippen molar-refractivity contribution in [2.75, 3.05) is 0 Å². The zero-order chi connectivity index (χ0) is 26.2. The number of benzene rings is 4. The number of hydrogen-bond donors (Lipinski definition) is 0. The predicted molar refractivity (Wildman–Crippen MR) is 159 cm³/mol. The Morgan fingerprint density at radius 1 is 0.436 bits per heavy atom. The topological polar surface area (TPSA) is 51.6 Å². The molecule has 3 aromatic heterocycles. The monoisotopic (exact) mass is 500 g/mol. The molecule has 0 aliphatic heterocycles. The van der Waals surface area contributed by atoms with Crippen molar-refractivity contribution >= 4 is 21.8 Å². The van der Waals surface area contributed by atoms with Crippen LogP contribution in [0.5, 0.6) is 0 Å². The van der Waals surface area contributed by atoms with Gasteiger partial charge in [-0.05, 0) is 36.2 Å². The Balaban J connectivity index is 1.46. The van der Waals surface area contributed by atoms with Gasteiger partial charge in [-0.2, -0.15) is 0 Å². The first-order valence-electron chi connectivity index (χ1n) is 13.0. The maximum Gasteiger partial charge on any atom is 0.160 e. The molecule has 0 radical (unpaired) electrons. The van der Waals surface area contributed by atoms with Crippen LogP contribution < -0.4 is 0 Å². The normalized spacial score (nSPS) is 11.2. The lowest BCUT2D eigenvalue weighted by molar-refractivity contribution is 1.17. The van der Waals surface area contributed by atoms with Gasteiger partial charge in [0, 0.05) is 27.6 Å². The first-order chi connectivity index (χ1) is 19.2. The number of aryl methyl sites for hydroxylation is 1. The molecule has 7 aromatic rings. The van der Waals surface area contributed by atoms with Crippen molar-refractivity contribution in [3.05, 3.63) is 133 Å². The molecule has 7 rings (SSSR count).